The molecule has 0 aromatic rings. The molecule has 0 fully saturated rings. The van der Waals surface area contributed by atoms with Crippen molar-refractivity contribution in [3.05, 3.63) is 12.2 Å². The predicted octanol–water partition coefficient (Wildman–Crippen LogP) is 9.87. The minimum absolute atomic E-state index is 0.170. The van der Waals surface area contributed by atoms with Crippen molar-refractivity contribution in [2.45, 2.75) is 206 Å². The number of allylic oxidation sites excluding steroid dienone is 2. The summed E-state index contributed by atoms with van der Waals surface area (Å²) in [5, 5.41) is 26.2. The molecule has 5 N–H and O–H groups in total. The summed E-state index contributed by atoms with van der Waals surface area (Å²) in [5.74, 6) is -0.207. The zero-order valence-electron chi connectivity index (χ0n) is 32.9. The highest BCUT2D eigenvalue weighted by molar-refractivity contribution is 7.46. The van der Waals surface area contributed by atoms with Crippen LogP contribution in [-0.2, 0) is 23.4 Å². The molecule has 0 aromatic carbocycles. The van der Waals surface area contributed by atoms with Crippen LogP contribution in [0.2, 0.25) is 0 Å². The maximum absolute atomic E-state index is 12.1. The van der Waals surface area contributed by atoms with Crippen LogP contribution >= 0.6 is 7.82 Å². The van der Waals surface area contributed by atoms with Gasteiger partial charge in [-0.3, -0.25) is 9.32 Å². The number of hydrogen-bond donors (Lipinski definition) is 5. The number of rotatable bonds is 38. The molecule has 0 aromatic heterocycles. The highest BCUT2D eigenvalue weighted by atomic mass is 31.2. The molecule has 2 unspecified atom stereocenters. The molecule has 2 atom stereocenters. The first-order valence-electron chi connectivity index (χ1n) is 20.7. The Balaban J connectivity index is 0. The normalized spacial score (nSPS) is 12.9. The molecule has 0 rings (SSSR count). The number of aliphatic hydroxyl groups excluding tert-OH is 3. The first kappa shape index (κ1) is 52.3. The molecule has 0 aliphatic carbocycles. The van der Waals surface area contributed by atoms with E-state index in [1.807, 2.05) is 0 Å². The minimum Gasteiger partial charge on any atom is -0.457 e. The van der Waals surface area contributed by atoms with Crippen LogP contribution in [0.3, 0.4) is 0 Å². The molecule has 0 aliphatic heterocycles. The van der Waals surface area contributed by atoms with Gasteiger partial charge in [-0.1, -0.05) is 161 Å². The second-order valence-corrected chi connectivity index (χ2v) is 15.2. The summed E-state index contributed by atoms with van der Waals surface area (Å²) in [5.41, 5.74) is 0. The Kier molecular flexibility index (Phi) is 42.9. The smallest absolute Gasteiger partial charge is 0.457 e. The zero-order chi connectivity index (χ0) is 38.1. The Morgan fingerprint density at radius 2 is 1.00 bits per heavy atom. The molecule has 11 heteroatoms. The van der Waals surface area contributed by atoms with Gasteiger partial charge in [0, 0.05) is 13.0 Å². The van der Waals surface area contributed by atoms with Crippen molar-refractivity contribution < 1.29 is 48.5 Å². The Morgan fingerprint density at radius 1 is 0.588 bits per heavy atom. The van der Waals surface area contributed by atoms with E-state index in [1.54, 1.807) is 0 Å². The topological polar surface area (TPSA) is 163 Å². The molecular formula is C40H81O10P. The average Bonchev–Trinajstić information content (AvgIpc) is 3.11. The highest BCUT2D eigenvalue weighted by Crippen LogP contribution is 2.35. The van der Waals surface area contributed by atoms with Gasteiger partial charge in [-0.05, 0) is 38.5 Å². The summed E-state index contributed by atoms with van der Waals surface area (Å²) < 4.78 is 24.9. The van der Waals surface area contributed by atoms with Gasteiger partial charge < -0.3 is 34.6 Å². The maximum Gasteiger partial charge on any atom is 0.469 e. The van der Waals surface area contributed by atoms with E-state index in [4.69, 9.17) is 29.5 Å². The van der Waals surface area contributed by atoms with Crippen LogP contribution in [0.1, 0.15) is 194 Å². The van der Waals surface area contributed by atoms with Crippen LogP contribution in [0.4, 0.5) is 0 Å². The number of aliphatic hydroxyl groups is 3. The van der Waals surface area contributed by atoms with Gasteiger partial charge in [0.15, 0.2) is 0 Å². The molecule has 51 heavy (non-hydrogen) atoms. The van der Waals surface area contributed by atoms with Crippen LogP contribution in [-0.4, -0.2) is 76.3 Å². The van der Waals surface area contributed by atoms with Crippen molar-refractivity contribution in [1.82, 2.24) is 0 Å². The first-order valence-corrected chi connectivity index (χ1v) is 22.2. The Hall–Kier alpha value is -0.840. The molecule has 0 aliphatic rings. The van der Waals surface area contributed by atoms with Crippen LogP contribution in [0.25, 0.3) is 0 Å². The minimum atomic E-state index is -4.50. The second kappa shape index (κ2) is 41.9. The third-order valence-electron chi connectivity index (χ3n) is 8.74. The van der Waals surface area contributed by atoms with Crippen LogP contribution in [0, 0.1) is 0 Å². The Bertz CT molecular complexity index is 776. The monoisotopic (exact) mass is 753 g/mol. The molecule has 0 saturated heterocycles. The van der Waals surface area contributed by atoms with Gasteiger partial charge in [-0.15, -0.1) is 0 Å². The lowest BCUT2D eigenvalue weighted by Crippen LogP contribution is -2.27. The Labute approximate surface area is 312 Å². The fraction of sp³-hybridized carbons (Fsp3) is 0.925. The van der Waals surface area contributed by atoms with E-state index in [-0.39, 0.29) is 12.6 Å². The number of carbonyl (C=O) groups is 1. The summed E-state index contributed by atoms with van der Waals surface area (Å²) in [6.07, 6.45) is 38.3. The van der Waals surface area contributed by atoms with Crippen LogP contribution in [0.5, 0.6) is 0 Å². The van der Waals surface area contributed by atoms with Crippen molar-refractivity contribution in [3.8, 4) is 0 Å². The van der Waals surface area contributed by atoms with Crippen molar-refractivity contribution >= 4 is 13.8 Å². The molecule has 0 heterocycles. The molecule has 0 amide bonds. The molecule has 10 nitrogen and oxygen atoms in total. The van der Waals surface area contributed by atoms with Gasteiger partial charge in [0.2, 0.25) is 0 Å². The molecule has 0 saturated carbocycles. The third-order valence-corrected chi connectivity index (χ3v) is 9.22. The van der Waals surface area contributed by atoms with E-state index in [2.05, 4.69) is 30.5 Å². The molecular weight excluding hydrogens is 671 g/mol. The van der Waals surface area contributed by atoms with E-state index in [0.717, 1.165) is 19.3 Å². The van der Waals surface area contributed by atoms with Crippen molar-refractivity contribution in [2.24, 2.45) is 0 Å². The number of ether oxygens (including phenoxy) is 2. The third kappa shape index (κ3) is 47.1. The van der Waals surface area contributed by atoms with E-state index < -0.39 is 33.2 Å². The van der Waals surface area contributed by atoms with Crippen molar-refractivity contribution in [2.75, 3.05) is 33.0 Å². The van der Waals surface area contributed by atoms with Crippen molar-refractivity contribution in [1.29, 1.82) is 0 Å². The van der Waals surface area contributed by atoms with E-state index in [0.29, 0.717) is 19.6 Å². The molecule has 0 spiro atoms. The fourth-order valence-corrected chi connectivity index (χ4v) is 5.92. The lowest BCUT2D eigenvalue weighted by Gasteiger charge is -2.15. The summed E-state index contributed by atoms with van der Waals surface area (Å²) in [6.45, 7) is 4.20. The number of phosphoric ester groups is 1. The number of carbonyl (C=O) groups excluding carboxylic acids is 1. The number of unbranched alkanes of at least 4 members (excludes halogenated alkanes) is 24. The predicted molar refractivity (Wildman–Crippen MR) is 209 cm³/mol. The lowest BCUT2D eigenvalue weighted by molar-refractivity contribution is -0.154. The fourth-order valence-electron chi connectivity index (χ4n) is 5.56. The zero-order valence-corrected chi connectivity index (χ0v) is 33.8. The van der Waals surface area contributed by atoms with E-state index in [1.165, 1.54) is 154 Å². The lowest BCUT2D eigenvalue weighted by atomic mass is 10.0. The highest BCUT2D eigenvalue weighted by Gasteiger charge is 2.16. The average molecular weight is 753 g/mol. The number of hydrogen-bond acceptors (Lipinski definition) is 8. The van der Waals surface area contributed by atoms with Gasteiger partial charge in [-0.2, -0.15) is 0 Å². The van der Waals surface area contributed by atoms with Gasteiger partial charge in [-0.25, -0.2) is 4.57 Å². The van der Waals surface area contributed by atoms with Crippen molar-refractivity contribution in [3.63, 3.8) is 0 Å². The molecule has 306 valence electrons. The maximum atomic E-state index is 12.1. The Morgan fingerprint density at radius 3 is 1.41 bits per heavy atom. The van der Waals surface area contributed by atoms with Gasteiger partial charge >= 0.3 is 13.8 Å². The summed E-state index contributed by atoms with van der Waals surface area (Å²) in [4.78, 5) is 28.2. The van der Waals surface area contributed by atoms with Gasteiger partial charge in [0.05, 0.1) is 26.4 Å². The first-order chi connectivity index (χ1) is 24.7. The number of esters is 1. The van der Waals surface area contributed by atoms with Crippen LogP contribution < -0.4 is 0 Å². The van der Waals surface area contributed by atoms with Gasteiger partial charge in [0.25, 0.3) is 0 Å². The SMILES string of the molecule is CCCCCCCC/C=C\CCCCCCCC(=O)OC(CO)COCCCCCCCCCCCCCCCC.O=P(O)(O)OCC(O)CO. The van der Waals surface area contributed by atoms with Gasteiger partial charge in [0.1, 0.15) is 12.2 Å². The molecule has 0 bridgehead atoms. The van der Waals surface area contributed by atoms with Crippen LogP contribution in [0.15, 0.2) is 12.2 Å². The second-order valence-electron chi connectivity index (χ2n) is 13.9. The molecule has 0 radical (unpaired) electrons. The summed E-state index contributed by atoms with van der Waals surface area (Å²) in [6, 6.07) is 0. The van der Waals surface area contributed by atoms with E-state index >= 15 is 0 Å². The largest absolute Gasteiger partial charge is 0.469 e. The standard InChI is InChI=1S/C37H72O4.C3H9O6P/c1-3-5-7-9-11-13-15-17-19-20-22-24-26-28-30-32-37(39)41-36(34-38)35-40-33-31-29-27-25-23-21-18-16-14-12-10-8-6-4-2;4-1-3(5)2-9-10(6,7)8/h17,19,36,38H,3-16,18,20-35H2,1-2H3;3-5H,1-2H2,(H2,6,7,8)/b19-17-;. The quantitative estimate of drug-likeness (QED) is 0.0178. The summed E-state index contributed by atoms with van der Waals surface area (Å²) >= 11 is 0. The number of phosphoric acid groups is 1. The van der Waals surface area contributed by atoms with E-state index in [9.17, 15) is 14.5 Å². The summed E-state index contributed by atoms with van der Waals surface area (Å²) in [7, 11) is -4.50.